The molecular weight excluding hydrogens is 322 g/mol. The standard InChI is InChI=1S/C18H27N3O2S/c1-13(2)17(22)19-11-14-7-6-10-21(12-14)18(23)20-15-8-4-5-9-16(15)24-3/h4-5,8-9,13-14H,6-7,10-12H2,1-3H3,(H,19,22)(H,20,23). The van der Waals surface area contributed by atoms with Crippen LogP contribution in [-0.4, -0.2) is 42.7 Å². The van der Waals surface area contributed by atoms with Gasteiger partial charge in [0.15, 0.2) is 0 Å². The van der Waals surface area contributed by atoms with E-state index < -0.39 is 0 Å². The minimum atomic E-state index is -0.0589. The van der Waals surface area contributed by atoms with Crippen molar-refractivity contribution in [2.24, 2.45) is 11.8 Å². The lowest BCUT2D eigenvalue weighted by atomic mass is 9.98. The zero-order chi connectivity index (χ0) is 17.5. The van der Waals surface area contributed by atoms with Gasteiger partial charge in [0.25, 0.3) is 0 Å². The topological polar surface area (TPSA) is 61.4 Å². The number of piperidine rings is 1. The van der Waals surface area contributed by atoms with Gasteiger partial charge in [-0.25, -0.2) is 4.79 Å². The molecule has 0 saturated carbocycles. The smallest absolute Gasteiger partial charge is 0.321 e. The SMILES string of the molecule is CSc1ccccc1NC(=O)N1CCCC(CNC(=O)C(C)C)C1. The second-order valence-corrected chi connectivity index (χ2v) is 7.33. The number of likely N-dealkylation sites (tertiary alicyclic amines) is 1. The molecule has 24 heavy (non-hydrogen) atoms. The third kappa shape index (κ3) is 5.16. The Labute approximate surface area is 148 Å². The number of para-hydroxylation sites is 1. The lowest BCUT2D eigenvalue weighted by Crippen LogP contribution is -2.45. The Bertz CT molecular complexity index is 577. The lowest BCUT2D eigenvalue weighted by Gasteiger charge is -2.33. The monoisotopic (exact) mass is 349 g/mol. The van der Waals surface area contributed by atoms with E-state index in [1.54, 1.807) is 11.8 Å². The van der Waals surface area contributed by atoms with E-state index in [0.29, 0.717) is 19.0 Å². The Balaban J connectivity index is 1.89. The zero-order valence-corrected chi connectivity index (χ0v) is 15.5. The van der Waals surface area contributed by atoms with Crippen molar-refractivity contribution in [2.45, 2.75) is 31.6 Å². The lowest BCUT2D eigenvalue weighted by molar-refractivity contribution is -0.124. The van der Waals surface area contributed by atoms with Gasteiger partial charge < -0.3 is 15.5 Å². The molecule has 1 saturated heterocycles. The van der Waals surface area contributed by atoms with Gasteiger partial charge in [0, 0.05) is 30.4 Å². The van der Waals surface area contributed by atoms with E-state index in [9.17, 15) is 9.59 Å². The highest BCUT2D eigenvalue weighted by molar-refractivity contribution is 7.98. The fraction of sp³-hybridized carbons (Fsp3) is 0.556. The van der Waals surface area contributed by atoms with Crippen LogP contribution in [0.2, 0.25) is 0 Å². The minimum absolute atomic E-state index is 0.00367. The summed E-state index contributed by atoms with van der Waals surface area (Å²) in [6.45, 7) is 5.87. The molecule has 1 aliphatic heterocycles. The fourth-order valence-electron chi connectivity index (χ4n) is 2.81. The van der Waals surface area contributed by atoms with Crippen molar-refractivity contribution in [3.63, 3.8) is 0 Å². The number of anilines is 1. The van der Waals surface area contributed by atoms with Crippen LogP contribution in [-0.2, 0) is 4.79 Å². The van der Waals surface area contributed by atoms with Crippen LogP contribution < -0.4 is 10.6 Å². The molecule has 2 rings (SSSR count). The molecule has 3 amide bonds. The molecule has 5 nitrogen and oxygen atoms in total. The van der Waals surface area contributed by atoms with E-state index in [1.165, 1.54) is 0 Å². The van der Waals surface area contributed by atoms with Gasteiger partial charge in [0.2, 0.25) is 5.91 Å². The van der Waals surface area contributed by atoms with Crippen LogP contribution in [0.15, 0.2) is 29.2 Å². The van der Waals surface area contributed by atoms with Crippen LogP contribution in [0.3, 0.4) is 0 Å². The molecular formula is C18H27N3O2S. The van der Waals surface area contributed by atoms with Gasteiger partial charge in [0.1, 0.15) is 0 Å². The fourth-order valence-corrected chi connectivity index (χ4v) is 3.36. The number of urea groups is 1. The summed E-state index contributed by atoms with van der Waals surface area (Å²) in [5.41, 5.74) is 0.852. The number of nitrogens with one attached hydrogen (secondary N) is 2. The number of rotatable bonds is 5. The first-order chi connectivity index (χ1) is 11.5. The van der Waals surface area contributed by atoms with Gasteiger partial charge in [-0.05, 0) is 37.1 Å². The maximum absolute atomic E-state index is 12.5. The Morgan fingerprint density at radius 2 is 2.08 bits per heavy atom. The zero-order valence-electron chi connectivity index (χ0n) is 14.7. The van der Waals surface area contributed by atoms with Crippen LogP contribution in [0.25, 0.3) is 0 Å². The molecule has 1 atom stereocenters. The van der Waals surface area contributed by atoms with Crippen LogP contribution in [0.5, 0.6) is 0 Å². The van der Waals surface area contributed by atoms with E-state index in [2.05, 4.69) is 10.6 Å². The average Bonchev–Trinajstić information content (AvgIpc) is 2.60. The van der Waals surface area contributed by atoms with Gasteiger partial charge in [-0.1, -0.05) is 26.0 Å². The van der Waals surface area contributed by atoms with E-state index in [0.717, 1.165) is 30.0 Å². The first kappa shape index (κ1) is 18.6. The van der Waals surface area contributed by atoms with Gasteiger partial charge in [-0.2, -0.15) is 0 Å². The van der Waals surface area contributed by atoms with E-state index in [4.69, 9.17) is 0 Å². The first-order valence-corrected chi connectivity index (χ1v) is 9.70. The number of carbonyl (C=O) groups excluding carboxylic acids is 2. The molecule has 0 aromatic heterocycles. The summed E-state index contributed by atoms with van der Waals surface area (Å²) in [5.74, 6) is 0.393. The molecule has 1 fully saturated rings. The Morgan fingerprint density at radius 1 is 1.33 bits per heavy atom. The van der Waals surface area contributed by atoms with Crippen LogP contribution >= 0.6 is 11.8 Å². The molecule has 1 heterocycles. The van der Waals surface area contributed by atoms with Crippen LogP contribution in [0, 0.1) is 11.8 Å². The van der Waals surface area contributed by atoms with Crippen molar-refractivity contribution in [3.05, 3.63) is 24.3 Å². The number of hydrogen-bond donors (Lipinski definition) is 2. The van der Waals surface area contributed by atoms with Crippen molar-refractivity contribution in [3.8, 4) is 0 Å². The summed E-state index contributed by atoms with van der Waals surface area (Å²) in [6.07, 6.45) is 4.02. The Morgan fingerprint density at radius 3 is 2.79 bits per heavy atom. The van der Waals surface area contributed by atoms with Crippen molar-refractivity contribution < 1.29 is 9.59 Å². The Kier molecular flexibility index (Phi) is 6.97. The molecule has 0 aliphatic carbocycles. The first-order valence-electron chi connectivity index (χ1n) is 8.48. The number of benzene rings is 1. The second kappa shape index (κ2) is 8.97. The molecule has 0 bridgehead atoms. The van der Waals surface area contributed by atoms with Crippen molar-refractivity contribution >= 4 is 29.4 Å². The normalized spacial score (nSPS) is 17.7. The van der Waals surface area contributed by atoms with Crippen LogP contribution in [0.1, 0.15) is 26.7 Å². The average molecular weight is 350 g/mol. The Hall–Kier alpha value is -1.69. The third-order valence-electron chi connectivity index (χ3n) is 4.24. The van der Waals surface area contributed by atoms with Crippen LogP contribution in [0.4, 0.5) is 10.5 Å². The summed E-state index contributed by atoms with van der Waals surface area (Å²) in [6, 6.07) is 7.76. The summed E-state index contributed by atoms with van der Waals surface area (Å²) in [7, 11) is 0. The van der Waals surface area contributed by atoms with Crippen molar-refractivity contribution in [1.82, 2.24) is 10.2 Å². The highest BCUT2D eigenvalue weighted by Crippen LogP contribution is 2.25. The van der Waals surface area contributed by atoms with Gasteiger partial charge in [0.05, 0.1) is 5.69 Å². The van der Waals surface area contributed by atoms with Gasteiger partial charge in [-0.15, -0.1) is 11.8 Å². The summed E-state index contributed by atoms with van der Waals surface area (Å²) < 4.78 is 0. The van der Waals surface area contributed by atoms with E-state index in [-0.39, 0.29) is 17.9 Å². The maximum Gasteiger partial charge on any atom is 0.321 e. The number of hydrogen-bond acceptors (Lipinski definition) is 3. The molecule has 6 heteroatoms. The molecule has 2 N–H and O–H groups in total. The van der Waals surface area contributed by atoms with Gasteiger partial charge in [-0.3, -0.25) is 4.79 Å². The highest BCUT2D eigenvalue weighted by atomic mass is 32.2. The number of thioether (sulfide) groups is 1. The number of nitrogens with zero attached hydrogens (tertiary/aromatic N) is 1. The summed E-state index contributed by atoms with van der Waals surface area (Å²) in [4.78, 5) is 27.2. The quantitative estimate of drug-likeness (QED) is 0.801. The summed E-state index contributed by atoms with van der Waals surface area (Å²) in [5, 5.41) is 5.99. The summed E-state index contributed by atoms with van der Waals surface area (Å²) >= 11 is 1.62. The molecule has 1 unspecified atom stereocenters. The van der Waals surface area contributed by atoms with Crippen molar-refractivity contribution in [1.29, 1.82) is 0 Å². The molecule has 132 valence electrons. The predicted molar refractivity (Wildman–Crippen MR) is 99.4 cm³/mol. The molecule has 1 aromatic carbocycles. The minimum Gasteiger partial charge on any atom is -0.356 e. The molecule has 0 radical (unpaired) electrons. The predicted octanol–water partition coefficient (Wildman–Crippen LogP) is 3.42. The van der Waals surface area contributed by atoms with E-state index in [1.807, 2.05) is 49.3 Å². The second-order valence-electron chi connectivity index (χ2n) is 6.48. The number of amides is 3. The van der Waals surface area contributed by atoms with Crippen molar-refractivity contribution in [2.75, 3.05) is 31.2 Å². The largest absolute Gasteiger partial charge is 0.356 e. The van der Waals surface area contributed by atoms with Gasteiger partial charge >= 0.3 is 6.03 Å². The molecule has 1 aromatic rings. The molecule has 1 aliphatic rings. The third-order valence-corrected chi connectivity index (χ3v) is 5.04. The highest BCUT2D eigenvalue weighted by Gasteiger charge is 2.24. The maximum atomic E-state index is 12.5. The van der Waals surface area contributed by atoms with E-state index >= 15 is 0 Å². The molecule has 0 spiro atoms. The number of carbonyl (C=O) groups is 2.